The number of rotatable bonds is 4. The minimum atomic E-state index is -1.79. The van der Waals surface area contributed by atoms with E-state index in [0.717, 1.165) is 12.8 Å². The lowest BCUT2D eigenvalue weighted by molar-refractivity contribution is -0.167. The molecule has 100 valence electrons. The highest BCUT2D eigenvalue weighted by atomic mass is 16.5. The average Bonchev–Trinajstić information content (AvgIpc) is 2.11. The average molecular weight is 244 g/mol. The highest BCUT2D eigenvalue weighted by molar-refractivity contribution is 5.76. The summed E-state index contributed by atoms with van der Waals surface area (Å²) in [6.45, 7) is 7.72. The van der Waals surface area contributed by atoms with Crippen molar-refractivity contribution in [3.8, 4) is 0 Å². The minimum absolute atomic E-state index is 0.0552. The van der Waals surface area contributed by atoms with Crippen LogP contribution in [0.4, 0.5) is 0 Å². The van der Waals surface area contributed by atoms with Gasteiger partial charge in [0, 0.05) is 0 Å². The Balaban J connectivity index is 2.50. The van der Waals surface area contributed by atoms with Crippen LogP contribution in [0.1, 0.15) is 47.0 Å². The predicted molar refractivity (Wildman–Crippen MR) is 64.8 cm³/mol. The summed E-state index contributed by atoms with van der Waals surface area (Å²) in [5.41, 5.74) is -1.55. The maximum Gasteiger partial charge on any atom is 0.337 e. The monoisotopic (exact) mass is 244 g/mol. The molecule has 3 atom stereocenters. The van der Waals surface area contributed by atoms with E-state index >= 15 is 0 Å². The number of aliphatic carboxylic acids is 1. The molecule has 2 N–H and O–H groups in total. The summed E-state index contributed by atoms with van der Waals surface area (Å²) in [4.78, 5) is 10.8. The summed E-state index contributed by atoms with van der Waals surface area (Å²) < 4.78 is 5.58. The number of hydrogen-bond donors (Lipinski definition) is 2. The Hall–Kier alpha value is -0.610. The first-order valence-electron chi connectivity index (χ1n) is 6.20. The summed E-state index contributed by atoms with van der Waals surface area (Å²) in [5.74, 6) is -0.654. The van der Waals surface area contributed by atoms with Crippen LogP contribution in [0.25, 0.3) is 0 Å². The molecule has 1 saturated carbocycles. The molecule has 0 amide bonds. The van der Waals surface area contributed by atoms with E-state index in [2.05, 4.69) is 20.8 Å². The van der Waals surface area contributed by atoms with Crippen LogP contribution in [0.3, 0.4) is 0 Å². The van der Waals surface area contributed by atoms with E-state index in [4.69, 9.17) is 9.84 Å². The second-order valence-corrected chi connectivity index (χ2v) is 6.43. The van der Waals surface area contributed by atoms with Gasteiger partial charge in [-0.3, -0.25) is 0 Å². The van der Waals surface area contributed by atoms with Gasteiger partial charge in [0.05, 0.1) is 12.7 Å². The van der Waals surface area contributed by atoms with E-state index in [9.17, 15) is 9.90 Å². The van der Waals surface area contributed by atoms with Crippen LogP contribution in [0, 0.1) is 11.3 Å². The standard InChI is InChI=1S/C13H24O4/c1-9-5-10(7-12(2,3)6-9)17-8-13(4,16)11(14)15/h9-10,16H,5-8H2,1-4H3,(H,14,15). The van der Waals surface area contributed by atoms with E-state index in [1.165, 1.54) is 13.3 Å². The lowest BCUT2D eigenvalue weighted by Gasteiger charge is -2.39. The topological polar surface area (TPSA) is 66.8 Å². The molecule has 1 aliphatic rings. The van der Waals surface area contributed by atoms with Gasteiger partial charge in [-0.1, -0.05) is 20.8 Å². The summed E-state index contributed by atoms with van der Waals surface area (Å²) in [5, 5.41) is 18.4. The van der Waals surface area contributed by atoms with E-state index in [1.54, 1.807) is 0 Å². The van der Waals surface area contributed by atoms with Gasteiger partial charge < -0.3 is 14.9 Å². The van der Waals surface area contributed by atoms with Gasteiger partial charge >= 0.3 is 5.97 Å². The number of hydrogen-bond acceptors (Lipinski definition) is 3. The van der Waals surface area contributed by atoms with Crippen molar-refractivity contribution < 1.29 is 19.7 Å². The van der Waals surface area contributed by atoms with Crippen molar-refractivity contribution in [3.05, 3.63) is 0 Å². The van der Waals surface area contributed by atoms with Gasteiger partial charge in [-0.05, 0) is 37.5 Å². The minimum Gasteiger partial charge on any atom is -0.479 e. The van der Waals surface area contributed by atoms with Crippen molar-refractivity contribution in [2.75, 3.05) is 6.61 Å². The lowest BCUT2D eigenvalue weighted by atomic mass is 9.71. The van der Waals surface area contributed by atoms with E-state index in [-0.39, 0.29) is 18.1 Å². The molecule has 4 heteroatoms. The fourth-order valence-electron chi connectivity index (χ4n) is 2.73. The highest BCUT2D eigenvalue weighted by Crippen LogP contribution is 2.39. The molecule has 0 radical (unpaired) electrons. The second kappa shape index (κ2) is 4.94. The first-order valence-corrected chi connectivity index (χ1v) is 6.20. The molecule has 0 saturated heterocycles. The molecule has 0 bridgehead atoms. The molecule has 0 heterocycles. The molecule has 0 spiro atoms. The van der Waals surface area contributed by atoms with Crippen molar-refractivity contribution in [2.24, 2.45) is 11.3 Å². The molecule has 0 aromatic rings. The quantitative estimate of drug-likeness (QED) is 0.794. The van der Waals surface area contributed by atoms with Gasteiger partial charge in [-0.2, -0.15) is 0 Å². The summed E-state index contributed by atoms with van der Waals surface area (Å²) in [6, 6.07) is 0. The van der Waals surface area contributed by atoms with Gasteiger partial charge in [-0.15, -0.1) is 0 Å². The van der Waals surface area contributed by atoms with E-state index in [1.807, 2.05) is 0 Å². The molecule has 3 unspecified atom stereocenters. The van der Waals surface area contributed by atoms with Gasteiger partial charge in [0.2, 0.25) is 0 Å². The van der Waals surface area contributed by atoms with Crippen LogP contribution in [0.5, 0.6) is 0 Å². The van der Waals surface area contributed by atoms with Gasteiger partial charge in [-0.25, -0.2) is 4.79 Å². The van der Waals surface area contributed by atoms with Crippen molar-refractivity contribution in [2.45, 2.75) is 58.7 Å². The number of carbonyl (C=O) groups is 1. The third-order valence-electron chi connectivity index (χ3n) is 3.41. The summed E-state index contributed by atoms with van der Waals surface area (Å²) in [6.07, 6.45) is 3.09. The fourth-order valence-corrected chi connectivity index (χ4v) is 2.73. The van der Waals surface area contributed by atoms with Crippen LogP contribution in [-0.2, 0) is 9.53 Å². The number of ether oxygens (including phenoxy) is 1. The van der Waals surface area contributed by atoms with Crippen LogP contribution in [-0.4, -0.2) is 34.5 Å². The Morgan fingerprint density at radius 2 is 2.06 bits per heavy atom. The first-order chi connectivity index (χ1) is 7.62. The smallest absolute Gasteiger partial charge is 0.337 e. The van der Waals surface area contributed by atoms with Crippen molar-refractivity contribution in [3.63, 3.8) is 0 Å². The predicted octanol–water partition coefficient (Wildman–Crippen LogP) is 2.05. The second-order valence-electron chi connectivity index (χ2n) is 6.43. The first kappa shape index (κ1) is 14.5. The Kier molecular flexibility index (Phi) is 4.20. The molecule has 1 aliphatic carbocycles. The van der Waals surface area contributed by atoms with Crippen LogP contribution >= 0.6 is 0 Å². The van der Waals surface area contributed by atoms with Crippen molar-refractivity contribution >= 4 is 5.97 Å². The van der Waals surface area contributed by atoms with Crippen molar-refractivity contribution in [1.29, 1.82) is 0 Å². The molecule has 0 aromatic heterocycles. The Bertz CT molecular complexity index is 283. The zero-order valence-electron chi connectivity index (χ0n) is 11.2. The molecule has 1 rings (SSSR count). The molecule has 0 aliphatic heterocycles. The van der Waals surface area contributed by atoms with Gasteiger partial charge in [0.1, 0.15) is 0 Å². The van der Waals surface area contributed by atoms with Crippen LogP contribution in [0.2, 0.25) is 0 Å². The fraction of sp³-hybridized carbons (Fsp3) is 0.923. The van der Waals surface area contributed by atoms with Gasteiger partial charge in [0.15, 0.2) is 5.60 Å². The maximum atomic E-state index is 10.8. The molecule has 0 aromatic carbocycles. The Morgan fingerprint density at radius 3 is 2.53 bits per heavy atom. The lowest BCUT2D eigenvalue weighted by Crippen LogP contribution is -2.42. The molecule has 4 nitrogen and oxygen atoms in total. The number of carboxylic acid groups (broad SMARTS) is 1. The Morgan fingerprint density at radius 1 is 1.47 bits per heavy atom. The molecule has 1 fully saturated rings. The third-order valence-corrected chi connectivity index (χ3v) is 3.41. The molecular formula is C13H24O4. The number of carboxylic acids is 1. The van der Waals surface area contributed by atoms with E-state index < -0.39 is 11.6 Å². The SMILES string of the molecule is CC1CC(OCC(C)(O)C(=O)O)CC(C)(C)C1. The van der Waals surface area contributed by atoms with Crippen LogP contribution < -0.4 is 0 Å². The van der Waals surface area contributed by atoms with Gasteiger partial charge in [0.25, 0.3) is 0 Å². The summed E-state index contributed by atoms with van der Waals surface area (Å²) >= 11 is 0. The summed E-state index contributed by atoms with van der Waals surface area (Å²) in [7, 11) is 0. The molecular weight excluding hydrogens is 220 g/mol. The number of aliphatic hydroxyl groups is 1. The van der Waals surface area contributed by atoms with E-state index in [0.29, 0.717) is 5.92 Å². The largest absolute Gasteiger partial charge is 0.479 e. The zero-order chi connectivity index (χ0) is 13.3. The highest BCUT2D eigenvalue weighted by Gasteiger charge is 2.36. The zero-order valence-corrected chi connectivity index (χ0v) is 11.2. The van der Waals surface area contributed by atoms with Crippen LogP contribution in [0.15, 0.2) is 0 Å². The Labute approximate surface area is 103 Å². The third kappa shape index (κ3) is 4.28. The molecule has 17 heavy (non-hydrogen) atoms. The van der Waals surface area contributed by atoms with Crippen molar-refractivity contribution in [1.82, 2.24) is 0 Å². The maximum absolute atomic E-state index is 10.8. The normalized spacial score (nSPS) is 31.8.